The fourth-order valence-electron chi connectivity index (χ4n) is 4.66. The summed E-state index contributed by atoms with van der Waals surface area (Å²) in [6.07, 6.45) is 1.60. The second-order valence-electron chi connectivity index (χ2n) is 8.06. The van der Waals surface area contributed by atoms with E-state index in [9.17, 15) is 22.4 Å². The number of rotatable bonds is 3. The first-order chi connectivity index (χ1) is 14.9. The number of benzene rings is 2. The van der Waals surface area contributed by atoms with Crippen molar-refractivity contribution in [2.45, 2.75) is 24.2 Å². The van der Waals surface area contributed by atoms with Crippen LogP contribution in [0.1, 0.15) is 27.9 Å². The zero-order chi connectivity index (χ0) is 21.8. The van der Waals surface area contributed by atoms with Crippen LogP contribution in [-0.4, -0.2) is 62.2 Å². The summed E-state index contributed by atoms with van der Waals surface area (Å²) in [6.45, 7) is 1.31. The average molecular weight is 444 g/mol. The minimum atomic E-state index is -3.73. The Hall–Kier alpha value is -2.78. The minimum absolute atomic E-state index is 0.00405. The third kappa shape index (κ3) is 3.32. The molecule has 0 atom stereocenters. The van der Waals surface area contributed by atoms with Crippen LogP contribution in [0.4, 0.5) is 10.1 Å². The molecule has 0 bridgehead atoms. The van der Waals surface area contributed by atoms with E-state index in [1.54, 1.807) is 23.1 Å². The maximum atomic E-state index is 13.9. The Kier molecular flexibility index (Phi) is 4.82. The number of piperazine rings is 1. The minimum Gasteiger partial charge on any atom is -0.336 e. The first-order valence-electron chi connectivity index (χ1n) is 10.4. The monoisotopic (exact) mass is 443 g/mol. The number of aryl methyl sites for hydroxylation is 1. The maximum absolute atomic E-state index is 13.9. The lowest BCUT2D eigenvalue weighted by molar-refractivity contribution is -0.118. The molecule has 2 amide bonds. The SMILES string of the molecule is O=C(c1ccccc1F)N1CCN(S(=O)(=O)c2cc3c4c(c2)CCN4C(=O)CC3)CC1. The molecule has 0 N–H and O–H groups in total. The molecule has 2 aromatic carbocycles. The highest BCUT2D eigenvalue weighted by Crippen LogP contribution is 2.39. The fourth-order valence-corrected chi connectivity index (χ4v) is 6.18. The third-order valence-electron chi connectivity index (χ3n) is 6.29. The van der Waals surface area contributed by atoms with Gasteiger partial charge in [-0.25, -0.2) is 12.8 Å². The van der Waals surface area contributed by atoms with Crippen molar-refractivity contribution in [3.8, 4) is 0 Å². The van der Waals surface area contributed by atoms with Crippen molar-refractivity contribution in [2.75, 3.05) is 37.6 Å². The van der Waals surface area contributed by atoms with E-state index < -0.39 is 21.7 Å². The molecule has 0 saturated carbocycles. The summed E-state index contributed by atoms with van der Waals surface area (Å²) in [5.41, 5.74) is 2.69. The van der Waals surface area contributed by atoms with Gasteiger partial charge in [0.15, 0.2) is 0 Å². The number of hydrogen-bond donors (Lipinski definition) is 0. The molecule has 1 saturated heterocycles. The van der Waals surface area contributed by atoms with Crippen molar-refractivity contribution in [3.63, 3.8) is 0 Å². The van der Waals surface area contributed by atoms with E-state index in [2.05, 4.69) is 0 Å². The number of halogens is 1. The van der Waals surface area contributed by atoms with Crippen LogP contribution >= 0.6 is 0 Å². The summed E-state index contributed by atoms with van der Waals surface area (Å²) in [4.78, 5) is 28.2. The number of anilines is 1. The Balaban J connectivity index is 1.35. The zero-order valence-corrected chi connectivity index (χ0v) is 17.7. The van der Waals surface area contributed by atoms with Gasteiger partial charge in [0.2, 0.25) is 15.9 Å². The van der Waals surface area contributed by atoms with Crippen LogP contribution in [0, 0.1) is 5.82 Å². The molecule has 5 rings (SSSR count). The third-order valence-corrected chi connectivity index (χ3v) is 8.17. The van der Waals surface area contributed by atoms with E-state index in [4.69, 9.17) is 0 Å². The Morgan fingerprint density at radius 1 is 0.903 bits per heavy atom. The molecule has 0 aliphatic carbocycles. The van der Waals surface area contributed by atoms with Crippen LogP contribution in [0.3, 0.4) is 0 Å². The molecule has 0 spiro atoms. The average Bonchev–Trinajstić information content (AvgIpc) is 3.22. The molecular weight excluding hydrogens is 421 g/mol. The number of sulfonamides is 1. The first-order valence-corrected chi connectivity index (χ1v) is 11.8. The van der Waals surface area contributed by atoms with Gasteiger partial charge in [0.25, 0.3) is 5.91 Å². The largest absolute Gasteiger partial charge is 0.336 e. The zero-order valence-electron chi connectivity index (χ0n) is 16.9. The smallest absolute Gasteiger partial charge is 0.256 e. The Labute approximate surface area is 180 Å². The summed E-state index contributed by atoms with van der Waals surface area (Å²) in [6, 6.07) is 9.18. The maximum Gasteiger partial charge on any atom is 0.256 e. The highest BCUT2D eigenvalue weighted by molar-refractivity contribution is 7.89. The fraction of sp³-hybridized carbons (Fsp3) is 0.364. The predicted molar refractivity (Wildman–Crippen MR) is 112 cm³/mol. The Morgan fingerprint density at radius 2 is 1.58 bits per heavy atom. The molecular formula is C22H22FN3O4S. The van der Waals surface area contributed by atoms with Crippen molar-refractivity contribution in [3.05, 3.63) is 58.9 Å². The predicted octanol–water partition coefficient (Wildman–Crippen LogP) is 1.81. The quantitative estimate of drug-likeness (QED) is 0.725. The van der Waals surface area contributed by atoms with Crippen LogP contribution in [0.2, 0.25) is 0 Å². The number of hydrogen-bond acceptors (Lipinski definition) is 4. The standard InChI is InChI=1S/C22H22FN3O4S/c23-19-4-2-1-3-18(19)22(28)24-9-11-25(12-10-24)31(29,30)17-13-15-5-6-20(27)26-8-7-16(14-17)21(15)26/h1-4,13-14H,5-12H2. The lowest BCUT2D eigenvalue weighted by Crippen LogP contribution is -2.50. The molecule has 0 aromatic heterocycles. The molecule has 3 aliphatic rings. The normalized spacial score (nSPS) is 18.9. The van der Waals surface area contributed by atoms with Gasteiger partial charge in [0.05, 0.1) is 16.1 Å². The molecule has 162 valence electrons. The molecule has 2 aromatic rings. The molecule has 0 radical (unpaired) electrons. The van der Waals surface area contributed by atoms with Gasteiger partial charge in [-0.2, -0.15) is 4.31 Å². The van der Waals surface area contributed by atoms with Crippen LogP contribution in [0.15, 0.2) is 41.3 Å². The highest BCUT2D eigenvalue weighted by atomic mass is 32.2. The summed E-state index contributed by atoms with van der Waals surface area (Å²) < 4.78 is 41.9. The summed E-state index contributed by atoms with van der Waals surface area (Å²) in [5.74, 6) is -0.915. The second-order valence-corrected chi connectivity index (χ2v) is 10.00. The van der Waals surface area contributed by atoms with Crippen molar-refractivity contribution >= 4 is 27.5 Å². The van der Waals surface area contributed by atoms with E-state index in [1.165, 1.54) is 27.4 Å². The van der Waals surface area contributed by atoms with Gasteiger partial charge in [0, 0.05) is 39.1 Å². The van der Waals surface area contributed by atoms with Gasteiger partial charge in [-0.05, 0) is 48.2 Å². The summed E-state index contributed by atoms with van der Waals surface area (Å²) in [5, 5.41) is 0. The number of carbonyl (C=O) groups is 2. The molecule has 7 nitrogen and oxygen atoms in total. The van der Waals surface area contributed by atoms with E-state index in [-0.39, 0.29) is 42.5 Å². The summed E-state index contributed by atoms with van der Waals surface area (Å²) in [7, 11) is -3.73. The van der Waals surface area contributed by atoms with Gasteiger partial charge in [-0.15, -0.1) is 0 Å². The van der Waals surface area contributed by atoms with Crippen molar-refractivity contribution in [1.82, 2.24) is 9.21 Å². The van der Waals surface area contributed by atoms with Crippen LogP contribution in [0.25, 0.3) is 0 Å². The van der Waals surface area contributed by atoms with Gasteiger partial charge < -0.3 is 9.80 Å². The van der Waals surface area contributed by atoms with Gasteiger partial charge in [-0.3, -0.25) is 9.59 Å². The Bertz CT molecular complexity index is 1190. The van der Waals surface area contributed by atoms with Gasteiger partial charge in [-0.1, -0.05) is 12.1 Å². The second kappa shape index (κ2) is 7.42. The molecule has 1 fully saturated rings. The highest BCUT2D eigenvalue weighted by Gasteiger charge is 2.35. The Morgan fingerprint density at radius 3 is 2.29 bits per heavy atom. The lowest BCUT2D eigenvalue weighted by atomic mass is 10.00. The molecule has 3 aliphatic heterocycles. The van der Waals surface area contributed by atoms with Gasteiger partial charge in [0.1, 0.15) is 5.82 Å². The first kappa shape index (κ1) is 20.1. The molecule has 0 unspecified atom stereocenters. The van der Waals surface area contributed by atoms with Crippen molar-refractivity contribution in [2.24, 2.45) is 0 Å². The van der Waals surface area contributed by atoms with Crippen molar-refractivity contribution < 1.29 is 22.4 Å². The number of carbonyl (C=O) groups excluding carboxylic acids is 2. The topological polar surface area (TPSA) is 78.0 Å². The number of nitrogens with zero attached hydrogens (tertiary/aromatic N) is 3. The van der Waals surface area contributed by atoms with Gasteiger partial charge >= 0.3 is 0 Å². The van der Waals surface area contributed by atoms with Crippen molar-refractivity contribution in [1.29, 1.82) is 0 Å². The van der Waals surface area contributed by atoms with E-state index in [0.717, 1.165) is 16.8 Å². The summed E-state index contributed by atoms with van der Waals surface area (Å²) >= 11 is 0. The lowest BCUT2D eigenvalue weighted by Gasteiger charge is -2.34. The van der Waals surface area contributed by atoms with E-state index >= 15 is 0 Å². The molecule has 3 heterocycles. The van der Waals surface area contributed by atoms with Crippen LogP contribution in [-0.2, 0) is 27.7 Å². The van der Waals surface area contributed by atoms with E-state index in [1.807, 2.05) is 0 Å². The molecule has 31 heavy (non-hydrogen) atoms. The van der Waals surface area contributed by atoms with Crippen LogP contribution < -0.4 is 4.90 Å². The molecule has 9 heteroatoms. The van der Waals surface area contributed by atoms with E-state index in [0.29, 0.717) is 25.8 Å². The number of amides is 2. The van der Waals surface area contributed by atoms with Crippen LogP contribution in [0.5, 0.6) is 0 Å².